The molecule has 0 amide bonds. The topological polar surface area (TPSA) is 57.2 Å². The summed E-state index contributed by atoms with van der Waals surface area (Å²) in [5, 5.41) is 10.1. The van der Waals surface area contributed by atoms with E-state index in [1.54, 1.807) is 44.6 Å². The Kier molecular flexibility index (Phi) is 7.47. The molecule has 0 bridgehead atoms. The highest BCUT2D eigenvalue weighted by Crippen LogP contribution is 2.33. The molecule has 4 rings (SSSR count). The lowest BCUT2D eigenvalue weighted by Gasteiger charge is -2.21. The number of aliphatic hydroxyl groups excluding tert-OH is 1. The molecule has 1 N–H and O–H groups in total. The normalized spacial score (nSPS) is 14.2. The van der Waals surface area contributed by atoms with Crippen LogP contribution in [0.3, 0.4) is 0 Å². The monoisotopic (exact) mass is 793 g/mol. The van der Waals surface area contributed by atoms with Crippen LogP contribution < -0.4 is 9.47 Å². The van der Waals surface area contributed by atoms with Gasteiger partial charge in [0.1, 0.15) is 23.1 Å². The summed E-state index contributed by atoms with van der Waals surface area (Å²) in [4.78, 5) is 0. The maximum absolute atomic E-state index is 14.3. The van der Waals surface area contributed by atoms with Crippen LogP contribution in [-0.4, -0.2) is 30.5 Å². The van der Waals surface area contributed by atoms with Gasteiger partial charge in [0.05, 0.1) is 45.2 Å². The van der Waals surface area contributed by atoms with Crippen LogP contribution in [0, 0.1) is 11.6 Å². The Hall–Kier alpha value is -3.30. The van der Waals surface area contributed by atoms with Crippen LogP contribution in [0.2, 0.25) is 0 Å². The molecule has 5 nitrogen and oxygen atoms in total. The number of benzene rings is 4. The molecule has 0 atom stereocenters. The zero-order valence-corrected chi connectivity index (χ0v) is 29.6. The van der Waals surface area contributed by atoms with Crippen LogP contribution in [0.15, 0.2) is 72.8 Å². The van der Waals surface area contributed by atoms with Gasteiger partial charge in [0.25, 0.3) is 0 Å². The number of aliphatic hydroxyl groups is 1. The minimum absolute atomic E-state index is 0. The summed E-state index contributed by atoms with van der Waals surface area (Å²) >= 11 is 3.47. The highest BCUT2D eigenvalue weighted by molar-refractivity contribution is 9.08. The summed E-state index contributed by atoms with van der Waals surface area (Å²) in [5.41, 5.74) is 5.68. The van der Waals surface area contributed by atoms with Crippen molar-refractivity contribution in [3.8, 4) is 33.8 Å². The lowest BCUT2D eigenvalue weighted by atomic mass is 9.97. The van der Waals surface area contributed by atoms with E-state index in [0.29, 0.717) is 35.8 Å². The molecule has 0 unspecified atom stereocenters. The molecule has 46 heavy (non-hydrogen) atoms. The summed E-state index contributed by atoms with van der Waals surface area (Å²) in [6, 6.07) is 20.9. The standard InChI is InChI=1S/C19H22BrFO2.C19H23FO3.16H2/c1-19(2,3)23-12-14-9-13(11-20)5-7-16(14)17-10-15(22-4)6-8-18(17)21;1-19(2,3)23-12-14-9-13(11-21)5-7-16(14)17-10-15(22-4)6-8-18(17)20;;;;;;;;;;;;;;;;/h5-10H,11-12H2,1-4H3;5-10,21H,11-12H2,1-4H3;16*1H/i;;15*1+2T;1+2. The Labute approximate surface area is 328 Å². The van der Waals surface area contributed by atoms with Crippen molar-refractivity contribution in [1.29, 1.82) is 0 Å². The average Bonchev–Trinajstić information content (AvgIpc) is 3.51. The summed E-state index contributed by atoms with van der Waals surface area (Å²) in [7, 11) is 3.13. The van der Waals surface area contributed by atoms with Crippen molar-refractivity contribution < 1.29 is 78.8 Å². The van der Waals surface area contributed by atoms with E-state index in [-0.39, 0.29) is 30.9 Å². The number of ether oxygens (including phenoxy) is 4. The van der Waals surface area contributed by atoms with Crippen LogP contribution in [0.25, 0.3) is 22.3 Å². The molecule has 0 heterocycles. The first-order valence-corrected chi connectivity index (χ1v) is 16.2. The van der Waals surface area contributed by atoms with Gasteiger partial charge in [0, 0.05) is 62.4 Å². The Morgan fingerprint density at radius 3 is 1.41 bits per heavy atom. The second kappa shape index (κ2) is 16.5. The molecule has 4 aromatic rings. The molecule has 0 saturated carbocycles. The van der Waals surface area contributed by atoms with Crippen molar-refractivity contribution >= 4 is 15.9 Å². The summed E-state index contributed by atoms with van der Waals surface area (Å²) in [6.45, 7) is 12.6. The Morgan fingerprint density at radius 1 is 0.630 bits per heavy atom. The lowest BCUT2D eigenvalue weighted by molar-refractivity contribution is -0.0151. The van der Waals surface area contributed by atoms with Gasteiger partial charge in [-0.15, -0.1) is 0 Å². The molecule has 0 aliphatic heterocycles. The second-order valence-electron chi connectivity index (χ2n) is 12.8. The van der Waals surface area contributed by atoms with Crippen LogP contribution in [0.4, 0.5) is 8.78 Å². The SMILES string of the molecule is COc1ccc(F)c(-c2ccc(CBr)cc2COC(C)(C)C)c1.COc1ccc(F)c(-c2ccc(CO)cc2COC(C)(C)C)c1.[3HH].[3H][3H].[3H][3H].[3H][3H].[3H][3H].[3H][3H].[3H][3H].[3H][3H].[3H][3H].[3H][3H].[3H][3H].[3H][3H].[3H][3H].[3H][3H].[3H][3H].[3H][3H]. The highest BCUT2D eigenvalue weighted by atomic mass is 79.9. The van der Waals surface area contributed by atoms with Crippen LogP contribution in [0.5, 0.6) is 11.5 Å². The molecule has 0 aliphatic rings. The lowest BCUT2D eigenvalue weighted by Crippen LogP contribution is -2.19. The van der Waals surface area contributed by atoms with Crippen molar-refractivity contribution in [2.75, 3.05) is 14.2 Å². The minimum Gasteiger partial charge on any atom is -0.497 e. The van der Waals surface area contributed by atoms with Gasteiger partial charge < -0.3 is 24.1 Å². The van der Waals surface area contributed by atoms with Crippen molar-refractivity contribution in [2.24, 2.45) is 0 Å². The molecule has 0 aromatic heterocycles. The predicted octanol–water partition coefficient (Wildman–Crippen LogP) is 14.0. The quantitative estimate of drug-likeness (QED) is 0.162. The zero-order chi connectivity index (χ0) is 64.1. The van der Waals surface area contributed by atoms with Gasteiger partial charge in [-0.3, -0.25) is 0 Å². The molecule has 4 aromatic carbocycles. The van der Waals surface area contributed by atoms with E-state index >= 15 is 0 Å². The van der Waals surface area contributed by atoms with E-state index in [9.17, 15) is 13.9 Å². The van der Waals surface area contributed by atoms with Gasteiger partial charge in [0.2, 0.25) is 0 Å². The van der Waals surface area contributed by atoms with Crippen molar-refractivity contribution in [1.82, 2.24) is 0 Å². The first kappa shape index (κ1) is 20.8. The van der Waals surface area contributed by atoms with Crippen LogP contribution in [0.1, 0.15) is 110 Å². The molecule has 8 heteroatoms. The van der Waals surface area contributed by atoms with Gasteiger partial charge >= 0.3 is 0 Å². The zero-order valence-electron chi connectivity index (χ0n) is 58.0. The molecule has 280 valence electrons. The molecular weight excluding hydrogens is 654 g/mol. The maximum Gasteiger partial charge on any atom is 0.131 e. The minimum atomic E-state index is -0.320. The number of hydrogen-bond acceptors (Lipinski definition) is 5. The van der Waals surface area contributed by atoms with E-state index in [2.05, 4.69) is 22.0 Å². The smallest absolute Gasteiger partial charge is 0.131 e. The average molecular weight is 794 g/mol. The van der Waals surface area contributed by atoms with E-state index in [1.807, 2.05) is 65.8 Å². The summed E-state index contributed by atoms with van der Waals surface area (Å²) in [6.07, 6.45) is 0. The van der Waals surface area contributed by atoms with Gasteiger partial charge in [-0.1, -0.05) is 52.3 Å². The fraction of sp³-hybridized carbons (Fsp3) is 0.368. The van der Waals surface area contributed by atoms with Gasteiger partial charge in [-0.25, -0.2) is 8.78 Å². The van der Waals surface area contributed by atoms with E-state index in [4.69, 9.17) is 63.5 Å². The Balaban J connectivity index is -0.0000000572. The van der Waals surface area contributed by atoms with E-state index in [1.165, 1.54) is 12.1 Å². The third-order valence-corrected chi connectivity index (χ3v) is 7.57. The molecular formula is C38H77BrF2O5. The summed E-state index contributed by atoms with van der Waals surface area (Å²) in [5.74, 6) is 0.637. The fourth-order valence-corrected chi connectivity index (χ4v) is 4.85. The van der Waals surface area contributed by atoms with E-state index < -0.39 is 0 Å². The van der Waals surface area contributed by atoms with Gasteiger partial charge in [0.15, 0.2) is 0 Å². The van der Waals surface area contributed by atoms with Gasteiger partial charge in [-0.2, -0.15) is 0 Å². The molecule has 0 aliphatic carbocycles. The van der Waals surface area contributed by atoms with Crippen LogP contribution >= 0.6 is 15.9 Å². The predicted molar refractivity (Wildman–Crippen MR) is 218 cm³/mol. The highest BCUT2D eigenvalue weighted by Gasteiger charge is 2.17. The maximum atomic E-state index is 14.3. The molecule has 0 saturated heterocycles. The summed E-state index contributed by atoms with van der Waals surface area (Å²) < 4.78 is 201. The second-order valence-corrected chi connectivity index (χ2v) is 13.3. The van der Waals surface area contributed by atoms with Crippen LogP contribution in [-0.2, 0) is 34.6 Å². The number of alkyl halides is 1. The van der Waals surface area contributed by atoms with Crippen molar-refractivity contribution in [3.63, 3.8) is 0 Å². The number of hydrogen-bond donors (Lipinski definition) is 1. The van der Waals surface area contributed by atoms with Crippen molar-refractivity contribution in [3.05, 3.63) is 107 Å². The third kappa shape index (κ3) is 10.9. The first-order valence-electron chi connectivity index (χ1n) is 30.0. The molecule has 0 fully saturated rings. The number of rotatable bonds is 10. The number of methoxy groups -OCH3 is 2. The third-order valence-electron chi connectivity index (χ3n) is 6.92. The first-order chi connectivity index (χ1) is 36.7. The number of halogens is 3. The Morgan fingerprint density at radius 2 is 1.04 bits per heavy atom. The largest absolute Gasteiger partial charge is 0.497 e. The van der Waals surface area contributed by atoms with Gasteiger partial charge in [-0.05, 0) is 111 Å². The van der Waals surface area contributed by atoms with Crippen molar-refractivity contribution in [2.45, 2.75) is 77.9 Å². The molecule has 0 spiro atoms. The fourth-order valence-electron chi connectivity index (χ4n) is 4.50. The van der Waals surface area contributed by atoms with E-state index in [0.717, 1.165) is 38.7 Å². The Bertz CT molecular complexity index is 1550. The molecule has 0 radical (unpaired) electrons.